The molecular weight excluding hydrogens is 211 g/mol. The van der Waals surface area contributed by atoms with Crippen LogP contribution in [0.1, 0.15) is 84.0 Å². The maximum atomic E-state index is 2.32. The van der Waals surface area contributed by atoms with Crippen LogP contribution in [0.15, 0.2) is 0 Å². The largest absolute Gasteiger partial charge is 0.0775 e. The van der Waals surface area contributed by atoms with Gasteiger partial charge in [-0.3, -0.25) is 0 Å². The maximum absolute atomic E-state index is 2.32. The molecule has 0 amide bonds. The molecule has 1 fully saturated rings. The van der Waals surface area contributed by atoms with Gasteiger partial charge in [0, 0.05) is 0 Å². The molecule has 0 aromatic heterocycles. The molecule has 0 aromatic carbocycles. The first-order chi connectivity index (χ1) is 7.93. The predicted molar refractivity (Wildman–Crippen MR) is 76.7 cm³/mol. The lowest BCUT2D eigenvalue weighted by atomic mass is 10.0. The van der Waals surface area contributed by atoms with Crippen molar-refractivity contribution in [3.8, 4) is 0 Å². The zero-order chi connectivity index (χ0) is 11.5. The zero-order valence-electron chi connectivity index (χ0n) is 11.2. The van der Waals surface area contributed by atoms with Crippen LogP contribution >= 0.6 is 8.58 Å². The molecule has 0 aliphatic heterocycles. The van der Waals surface area contributed by atoms with Crippen LogP contribution < -0.4 is 0 Å². The second-order valence-electron chi connectivity index (χ2n) is 5.32. The van der Waals surface area contributed by atoms with Gasteiger partial charge in [-0.05, 0) is 24.7 Å². The zero-order valence-corrected chi connectivity index (χ0v) is 12.1. The van der Waals surface area contributed by atoms with E-state index >= 15 is 0 Å². The minimum absolute atomic E-state index is 1.04. The third-order valence-corrected chi connectivity index (χ3v) is 5.42. The molecule has 1 heteroatoms. The van der Waals surface area contributed by atoms with Gasteiger partial charge in [0.05, 0.1) is 0 Å². The van der Waals surface area contributed by atoms with Gasteiger partial charge < -0.3 is 0 Å². The second kappa shape index (κ2) is 10.6. The van der Waals surface area contributed by atoms with Gasteiger partial charge in [0.2, 0.25) is 0 Å². The van der Waals surface area contributed by atoms with Gasteiger partial charge >= 0.3 is 0 Å². The first kappa shape index (κ1) is 14.5. The van der Waals surface area contributed by atoms with E-state index in [4.69, 9.17) is 0 Å². The van der Waals surface area contributed by atoms with Crippen molar-refractivity contribution in [3.05, 3.63) is 0 Å². The van der Waals surface area contributed by atoms with Crippen LogP contribution in [0.5, 0.6) is 0 Å². The molecule has 1 radical (unpaired) electrons. The maximum Gasteiger partial charge on any atom is -0.0170 e. The van der Waals surface area contributed by atoms with E-state index in [2.05, 4.69) is 6.92 Å². The van der Waals surface area contributed by atoms with Crippen molar-refractivity contribution in [2.24, 2.45) is 0 Å². The molecule has 0 heterocycles. The van der Waals surface area contributed by atoms with E-state index in [1.54, 1.807) is 8.58 Å². The van der Waals surface area contributed by atoms with E-state index in [1.165, 1.54) is 83.2 Å². The highest BCUT2D eigenvalue weighted by Gasteiger charge is 2.09. The van der Waals surface area contributed by atoms with Crippen LogP contribution in [-0.2, 0) is 0 Å². The summed E-state index contributed by atoms with van der Waals surface area (Å²) in [6, 6.07) is 0. The molecule has 0 saturated heterocycles. The van der Waals surface area contributed by atoms with Crippen molar-refractivity contribution in [1.82, 2.24) is 0 Å². The summed E-state index contributed by atoms with van der Waals surface area (Å²) in [7, 11) is 1.76. The van der Waals surface area contributed by atoms with Crippen LogP contribution in [0.3, 0.4) is 0 Å². The van der Waals surface area contributed by atoms with Gasteiger partial charge in [-0.1, -0.05) is 79.7 Å². The predicted octanol–water partition coefficient (Wildman–Crippen LogP) is 6.02. The molecule has 0 nitrogen and oxygen atoms in total. The molecule has 16 heavy (non-hydrogen) atoms. The lowest BCUT2D eigenvalue weighted by Crippen LogP contribution is -2.02. The Morgan fingerprint density at radius 2 is 1.19 bits per heavy atom. The average Bonchev–Trinajstić information content (AvgIpc) is 2.28. The van der Waals surface area contributed by atoms with E-state index in [0.29, 0.717) is 0 Å². The Kier molecular flexibility index (Phi) is 9.58. The lowest BCUT2D eigenvalue weighted by Gasteiger charge is -2.16. The third kappa shape index (κ3) is 7.66. The summed E-state index contributed by atoms with van der Waals surface area (Å²) in [6.45, 7) is 2.32. The molecule has 95 valence electrons. The van der Waals surface area contributed by atoms with E-state index < -0.39 is 0 Å². The van der Waals surface area contributed by atoms with Crippen molar-refractivity contribution in [3.63, 3.8) is 0 Å². The first-order valence-electron chi connectivity index (χ1n) is 7.60. The van der Waals surface area contributed by atoms with E-state index in [9.17, 15) is 0 Å². The Morgan fingerprint density at radius 3 is 1.62 bits per heavy atom. The van der Waals surface area contributed by atoms with Crippen molar-refractivity contribution in [2.75, 3.05) is 6.16 Å². The Morgan fingerprint density at radius 1 is 0.750 bits per heavy atom. The number of hydrogen-bond donors (Lipinski definition) is 0. The molecule has 1 aliphatic rings. The van der Waals surface area contributed by atoms with Crippen LogP contribution in [-0.4, -0.2) is 11.8 Å². The SMILES string of the molecule is CCC[P]C1CCCCCCCCCCC1. The molecule has 1 aliphatic carbocycles. The molecule has 0 N–H and O–H groups in total. The summed E-state index contributed by atoms with van der Waals surface area (Å²) in [5.41, 5.74) is 1.04. The normalized spacial score (nSPS) is 23.1. The Hall–Kier alpha value is 0.430. The monoisotopic (exact) mass is 241 g/mol. The van der Waals surface area contributed by atoms with Crippen LogP contribution in [0.25, 0.3) is 0 Å². The summed E-state index contributed by atoms with van der Waals surface area (Å²) in [5, 5.41) is 0. The lowest BCUT2D eigenvalue weighted by molar-refractivity contribution is 0.508. The van der Waals surface area contributed by atoms with Crippen LogP contribution in [0.4, 0.5) is 0 Å². The Labute approximate surface area is 105 Å². The van der Waals surface area contributed by atoms with Gasteiger partial charge in [0.1, 0.15) is 0 Å². The van der Waals surface area contributed by atoms with E-state index in [0.717, 1.165) is 5.66 Å². The average molecular weight is 241 g/mol. The summed E-state index contributed by atoms with van der Waals surface area (Å²) >= 11 is 0. The number of rotatable bonds is 3. The quantitative estimate of drug-likeness (QED) is 0.530. The smallest absolute Gasteiger partial charge is 0.0170 e. The number of hydrogen-bond acceptors (Lipinski definition) is 0. The van der Waals surface area contributed by atoms with Crippen molar-refractivity contribution in [1.29, 1.82) is 0 Å². The summed E-state index contributed by atoms with van der Waals surface area (Å²) in [4.78, 5) is 0. The minimum atomic E-state index is 1.04. The van der Waals surface area contributed by atoms with Gasteiger partial charge in [-0.2, -0.15) is 0 Å². The van der Waals surface area contributed by atoms with Crippen LogP contribution in [0.2, 0.25) is 0 Å². The molecule has 0 atom stereocenters. The highest BCUT2D eigenvalue weighted by atomic mass is 31.1. The van der Waals surface area contributed by atoms with Crippen molar-refractivity contribution >= 4 is 8.58 Å². The minimum Gasteiger partial charge on any atom is -0.0775 e. The molecule has 1 rings (SSSR count). The molecule has 0 aromatic rings. The summed E-state index contributed by atoms with van der Waals surface area (Å²) < 4.78 is 0. The fourth-order valence-corrected chi connectivity index (χ4v) is 3.99. The fraction of sp³-hybridized carbons (Fsp3) is 1.00. The molecule has 1 saturated carbocycles. The van der Waals surface area contributed by atoms with Crippen LogP contribution in [0, 0.1) is 0 Å². The topological polar surface area (TPSA) is 0 Å². The second-order valence-corrected chi connectivity index (χ2v) is 6.86. The van der Waals surface area contributed by atoms with Gasteiger partial charge in [-0.15, -0.1) is 0 Å². The Balaban J connectivity index is 2.19. The first-order valence-corrected chi connectivity index (χ1v) is 8.75. The highest BCUT2D eigenvalue weighted by Crippen LogP contribution is 2.30. The molecule has 0 unspecified atom stereocenters. The summed E-state index contributed by atoms with van der Waals surface area (Å²) in [6.07, 6.45) is 19.3. The highest BCUT2D eigenvalue weighted by molar-refractivity contribution is 7.38. The van der Waals surface area contributed by atoms with Crippen molar-refractivity contribution < 1.29 is 0 Å². The third-order valence-electron chi connectivity index (χ3n) is 3.69. The van der Waals surface area contributed by atoms with Gasteiger partial charge in [0.15, 0.2) is 0 Å². The van der Waals surface area contributed by atoms with Crippen molar-refractivity contribution in [2.45, 2.75) is 89.6 Å². The van der Waals surface area contributed by atoms with E-state index in [-0.39, 0.29) is 0 Å². The standard InChI is InChI=1S/C15H30P/c1-2-14-16-15-12-10-8-6-4-3-5-7-9-11-13-15/h15H,2-14H2,1H3. The summed E-state index contributed by atoms with van der Waals surface area (Å²) in [5.74, 6) is 0. The molecule has 0 spiro atoms. The molecule has 0 bridgehead atoms. The Bertz CT molecular complexity index is 132. The van der Waals surface area contributed by atoms with E-state index in [1.807, 2.05) is 0 Å². The van der Waals surface area contributed by atoms with Gasteiger partial charge in [-0.25, -0.2) is 0 Å². The fourth-order valence-electron chi connectivity index (χ4n) is 2.64. The van der Waals surface area contributed by atoms with Gasteiger partial charge in [0.25, 0.3) is 0 Å². The molecular formula is C15H30P.